The molecule has 2 aromatic rings. The fourth-order valence-corrected chi connectivity index (χ4v) is 6.87. The molecule has 2 saturated heterocycles. The molecule has 0 unspecified atom stereocenters. The van der Waals surface area contributed by atoms with Crippen molar-refractivity contribution in [3.63, 3.8) is 0 Å². The Hall–Kier alpha value is -1.79. The van der Waals surface area contributed by atoms with E-state index < -0.39 is 25.9 Å². The van der Waals surface area contributed by atoms with Gasteiger partial charge in [0.15, 0.2) is 0 Å². The zero-order chi connectivity index (χ0) is 22.1. The maximum Gasteiger partial charge on any atom is 0.276 e. The van der Waals surface area contributed by atoms with E-state index >= 15 is 0 Å². The summed E-state index contributed by atoms with van der Waals surface area (Å²) in [4.78, 5) is 2.12. The summed E-state index contributed by atoms with van der Waals surface area (Å²) in [6.45, 7) is 3.23. The van der Waals surface area contributed by atoms with Crippen LogP contribution in [0.4, 0.5) is 4.39 Å². The Morgan fingerprint density at radius 2 is 1.39 bits per heavy atom. The number of rotatable bonds is 6. The predicted molar refractivity (Wildman–Crippen MR) is 112 cm³/mol. The normalized spacial score (nSPS) is 20.2. The van der Waals surface area contributed by atoms with Crippen LogP contribution in [0.25, 0.3) is 0 Å². The Morgan fingerprint density at radius 3 is 2.10 bits per heavy atom. The van der Waals surface area contributed by atoms with Gasteiger partial charge in [0.2, 0.25) is 15.1 Å². The third kappa shape index (κ3) is 4.85. The van der Waals surface area contributed by atoms with Gasteiger partial charge < -0.3 is 4.42 Å². The summed E-state index contributed by atoms with van der Waals surface area (Å²) in [5.41, 5.74) is 0. The molecule has 0 atom stereocenters. The van der Waals surface area contributed by atoms with Crippen molar-refractivity contribution in [2.24, 2.45) is 0 Å². The van der Waals surface area contributed by atoms with Crippen molar-refractivity contribution in [2.75, 3.05) is 39.3 Å². The van der Waals surface area contributed by atoms with Crippen molar-refractivity contribution in [3.05, 3.63) is 48.0 Å². The van der Waals surface area contributed by atoms with Crippen LogP contribution in [0.15, 0.2) is 50.8 Å². The van der Waals surface area contributed by atoms with Crippen molar-refractivity contribution in [2.45, 2.75) is 35.8 Å². The quantitative estimate of drug-likeness (QED) is 0.641. The molecule has 2 aliphatic heterocycles. The minimum Gasteiger partial charge on any atom is -0.447 e. The highest BCUT2D eigenvalue weighted by Gasteiger charge is 2.31. The maximum atomic E-state index is 13.1. The summed E-state index contributed by atoms with van der Waals surface area (Å²) in [5, 5.41) is -0.0419. The lowest BCUT2D eigenvalue weighted by atomic mass is 10.3. The molecule has 0 aliphatic carbocycles. The van der Waals surface area contributed by atoms with Crippen LogP contribution in [-0.4, -0.2) is 69.6 Å². The van der Waals surface area contributed by atoms with Gasteiger partial charge in [-0.2, -0.15) is 8.61 Å². The summed E-state index contributed by atoms with van der Waals surface area (Å²) < 4.78 is 72.6. The molecule has 1 aromatic carbocycles. The lowest BCUT2D eigenvalue weighted by Gasteiger charge is -2.21. The monoisotopic (exact) mass is 471 g/mol. The van der Waals surface area contributed by atoms with E-state index in [4.69, 9.17) is 4.42 Å². The van der Waals surface area contributed by atoms with E-state index in [1.807, 2.05) is 4.90 Å². The van der Waals surface area contributed by atoms with Crippen LogP contribution >= 0.6 is 0 Å². The van der Waals surface area contributed by atoms with Crippen LogP contribution in [-0.2, 0) is 26.6 Å². The van der Waals surface area contributed by atoms with Gasteiger partial charge in [-0.25, -0.2) is 21.2 Å². The Labute approximate surface area is 182 Å². The molecule has 31 heavy (non-hydrogen) atoms. The first-order chi connectivity index (χ1) is 14.8. The van der Waals surface area contributed by atoms with Crippen LogP contribution in [0.2, 0.25) is 0 Å². The molecule has 1 aromatic heterocycles. The number of benzene rings is 1. The predicted octanol–water partition coefficient (Wildman–Crippen LogP) is 2.10. The molecule has 11 heteroatoms. The van der Waals surface area contributed by atoms with Gasteiger partial charge in [0.05, 0.1) is 11.4 Å². The average Bonchev–Trinajstić information content (AvgIpc) is 3.38. The summed E-state index contributed by atoms with van der Waals surface area (Å²) in [6.07, 6.45) is 2.34. The van der Waals surface area contributed by atoms with E-state index in [-0.39, 0.29) is 9.99 Å². The molecule has 170 valence electrons. The van der Waals surface area contributed by atoms with E-state index in [1.165, 1.54) is 26.8 Å². The molecule has 0 amide bonds. The number of sulfonamides is 2. The lowest BCUT2D eigenvalue weighted by molar-refractivity contribution is 0.245. The first-order valence-corrected chi connectivity index (χ1v) is 13.2. The van der Waals surface area contributed by atoms with Gasteiger partial charge in [0.25, 0.3) is 10.0 Å². The number of furan rings is 1. The van der Waals surface area contributed by atoms with E-state index in [2.05, 4.69) is 0 Å². The van der Waals surface area contributed by atoms with Crippen molar-refractivity contribution in [3.8, 4) is 0 Å². The fraction of sp³-hybridized carbons (Fsp3) is 0.500. The van der Waals surface area contributed by atoms with E-state index in [0.29, 0.717) is 58.0 Å². The lowest BCUT2D eigenvalue weighted by Crippen LogP contribution is -2.35. The topological polar surface area (TPSA) is 91.1 Å². The highest BCUT2D eigenvalue weighted by molar-refractivity contribution is 7.89. The van der Waals surface area contributed by atoms with Gasteiger partial charge in [0.1, 0.15) is 11.6 Å². The second kappa shape index (κ2) is 8.99. The highest BCUT2D eigenvalue weighted by Crippen LogP contribution is 2.24. The van der Waals surface area contributed by atoms with Crippen molar-refractivity contribution < 1.29 is 25.6 Å². The summed E-state index contributed by atoms with van der Waals surface area (Å²) in [6, 6.07) is 7.99. The third-order valence-electron chi connectivity index (χ3n) is 5.67. The van der Waals surface area contributed by atoms with Crippen LogP contribution in [0.3, 0.4) is 0 Å². The number of halogens is 1. The Bertz CT molecular complexity index is 1110. The minimum atomic E-state index is -3.69. The molecule has 0 radical (unpaired) electrons. The Balaban J connectivity index is 1.40. The van der Waals surface area contributed by atoms with E-state index in [0.717, 1.165) is 25.0 Å². The first-order valence-electron chi connectivity index (χ1n) is 10.3. The smallest absolute Gasteiger partial charge is 0.276 e. The molecular weight excluding hydrogens is 445 g/mol. The SMILES string of the molecule is O=S(=O)(c1ccc(F)cc1)N1CCCN(Cc2ccc(S(=O)(=O)N3CCCC3)o2)CC1. The molecular formula is C20H26FN3O5S2. The molecule has 3 heterocycles. The van der Waals surface area contributed by atoms with Gasteiger partial charge in [-0.15, -0.1) is 0 Å². The number of hydrogen-bond donors (Lipinski definition) is 0. The molecule has 0 N–H and O–H groups in total. The Morgan fingerprint density at radius 1 is 0.742 bits per heavy atom. The maximum absolute atomic E-state index is 13.1. The Kier molecular flexibility index (Phi) is 6.50. The molecule has 0 spiro atoms. The molecule has 2 fully saturated rings. The standard InChI is InChI=1S/C20H26FN3O5S2/c21-17-4-7-19(8-5-17)30(25,26)24-13-3-10-22(14-15-24)16-18-6-9-20(29-18)31(27,28)23-11-1-2-12-23/h4-9H,1-3,10-16H2. The second-order valence-electron chi connectivity index (χ2n) is 7.82. The van der Waals surface area contributed by atoms with Crippen molar-refractivity contribution in [1.29, 1.82) is 0 Å². The molecule has 8 nitrogen and oxygen atoms in total. The van der Waals surface area contributed by atoms with Gasteiger partial charge in [-0.05, 0) is 62.2 Å². The second-order valence-corrected chi connectivity index (χ2v) is 11.6. The minimum absolute atomic E-state index is 0.0419. The summed E-state index contributed by atoms with van der Waals surface area (Å²) >= 11 is 0. The van der Waals surface area contributed by atoms with Gasteiger partial charge in [0, 0.05) is 32.7 Å². The summed E-state index contributed by atoms with van der Waals surface area (Å²) in [7, 11) is -7.29. The van der Waals surface area contributed by atoms with E-state index in [1.54, 1.807) is 6.07 Å². The van der Waals surface area contributed by atoms with Crippen LogP contribution < -0.4 is 0 Å². The highest BCUT2D eigenvalue weighted by atomic mass is 32.2. The fourth-order valence-electron chi connectivity index (χ4n) is 3.96. The largest absolute Gasteiger partial charge is 0.447 e. The van der Waals surface area contributed by atoms with Gasteiger partial charge in [-0.3, -0.25) is 4.90 Å². The zero-order valence-electron chi connectivity index (χ0n) is 17.1. The summed E-state index contributed by atoms with van der Waals surface area (Å²) in [5.74, 6) is 0.0539. The number of nitrogens with zero attached hydrogens (tertiary/aromatic N) is 3. The van der Waals surface area contributed by atoms with Gasteiger partial charge in [-0.1, -0.05) is 0 Å². The molecule has 2 aliphatic rings. The van der Waals surface area contributed by atoms with Crippen LogP contribution in [0, 0.1) is 5.82 Å². The first kappa shape index (κ1) is 22.4. The van der Waals surface area contributed by atoms with Gasteiger partial charge >= 0.3 is 0 Å². The third-order valence-corrected chi connectivity index (χ3v) is 9.36. The molecule has 4 rings (SSSR count). The van der Waals surface area contributed by atoms with Crippen LogP contribution in [0.1, 0.15) is 25.0 Å². The molecule has 0 bridgehead atoms. The van der Waals surface area contributed by atoms with Crippen LogP contribution in [0.5, 0.6) is 0 Å². The zero-order valence-corrected chi connectivity index (χ0v) is 18.7. The van der Waals surface area contributed by atoms with Crippen molar-refractivity contribution >= 4 is 20.0 Å². The average molecular weight is 472 g/mol. The van der Waals surface area contributed by atoms with Crippen molar-refractivity contribution in [1.82, 2.24) is 13.5 Å². The number of hydrogen-bond acceptors (Lipinski definition) is 6. The van der Waals surface area contributed by atoms with E-state index in [9.17, 15) is 21.2 Å². The molecule has 0 saturated carbocycles.